The molecule has 0 spiro atoms. The fourth-order valence-corrected chi connectivity index (χ4v) is 3.38. The van der Waals surface area contributed by atoms with Gasteiger partial charge >= 0.3 is 0 Å². The molecule has 2 aromatic heterocycles. The van der Waals surface area contributed by atoms with Gasteiger partial charge in [0, 0.05) is 17.8 Å². The van der Waals surface area contributed by atoms with E-state index in [0.29, 0.717) is 12.0 Å². The van der Waals surface area contributed by atoms with E-state index in [9.17, 15) is 0 Å². The summed E-state index contributed by atoms with van der Waals surface area (Å²) in [4.78, 5) is 11.7. The van der Waals surface area contributed by atoms with Crippen LogP contribution in [0.2, 0.25) is 0 Å². The second-order valence-electron chi connectivity index (χ2n) is 6.47. The van der Waals surface area contributed by atoms with Crippen molar-refractivity contribution in [3.63, 3.8) is 0 Å². The number of anilines is 1. The van der Waals surface area contributed by atoms with Crippen LogP contribution in [-0.2, 0) is 0 Å². The van der Waals surface area contributed by atoms with Crippen molar-refractivity contribution in [1.82, 2.24) is 15.3 Å². The van der Waals surface area contributed by atoms with Gasteiger partial charge in [0.25, 0.3) is 5.82 Å². The SMILES string of the molecule is CC1CC(c2nc3cc(-c4ccc(N)cc4)[nH]c3c[nH+]2)CCN1. The molecule has 1 aromatic carbocycles. The number of rotatable bonds is 2. The molecule has 3 aromatic rings. The number of hydrogen-bond donors (Lipinski definition) is 3. The molecule has 1 aliphatic heterocycles. The van der Waals surface area contributed by atoms with Crippen LogP contribution in [0.3, 0.4) is 0 Å². The van der Waals surface area contributed by atoms with E-state index in [-0.39, 0.29) is 0 Å². The molecule has 4 rings (SSSR count). The minimum Gasteiger partial charge on any atom is -0.399 e. The molecule has 118 valence electrons. The van der Waals surface area contributed by atoms with E-state index in [1.807, 2.05) is 30.5 Å². The van der Waals surface area contributed by atoms with Crippen LogP contribution in [0.4, 0.5) is 5.69 Å². The third kappa shape index (κ3) is 2.80. The van der Waals surface area contributed by atoms with E-state index in [1.54, 1.807) is 0 Å². The van der Waals surface area contributed by atoms with Gasteiger partial charge < -0.3 is 16.0 Å². The first-order chi connectivity index (χ1) is 11.2. The van der Waals surface area contributed by atoms with Gasteiger partial charge in [-0.05, 0) is 49.0 Å². The zero-order chi connectivity index (χ0) is 15.8. The van der Waals surface area contributed by atoms with E-state index < -0.39 is 0 Å². The van der Waals surface area contributed by atoms with E-state index >= 15 is 0 Å². The molecule has 0 saturated carbocycles. The minimum absolute atomic E-state index is 0.505. The summed E-state index contributed by atoms with van der Waals surface area (Å²) in [6.45, 7) is 3.30. The summed E-state index contributed by atoms with van der Waals surface area (Å²) in [7, 11) is 0. The van der Waals surface area contributed by atoms with Gasteiger partial charge in [0.2, 0.25) is 5.52 Å². The van der Waals surface area contributed by atoms with Crippen LogP contribution in [0.15, 0.2) is 36.5 Å². The van der Waals surface area contributed by atoms with E-state index in [0.717, 1.165) is 53.2 Å². The molecular weight excluding hydrogens is 286 g/mol. The van der Waals surface area contributed by atoms with E-state index in [1.165, 1.54) is 0 Å². The number of hydrogen-bond acceptors (Lipinski definition) is 3. The molecule has 2 unspecified atom stereocenters. The number of H-pyrrole nitrogens is 2. The lowest BCUT2D eigenvalue weighted by Gasteiger charge is -2.24. The van der Waals surface area contributed by atoms with Gasteiger partial charge in [-0.3, -0.25) is 0 Å². The van der Waals surface area contributed by atoms with Crippen molar-refractivity contribution >= 4 is 16.7 Å². The molecule has 3 heterocycles. The van der Waals surface area contributed by atoms with Crippen molar-refractivity contribution in [2.45, 2.75) is 31.7 Å². The van der Waals surface area contributed by atoms with Crippen LogP contribution in [0, 0.1) is 0 Å². The fraction of sp³-hybridized carbons (Fsp3) is 0.333. The monoisotopic (exact) mass is 308 g/mol. The Balaban J connectivity index is 1.68. The highest BCUT2D eigenvalue weighted by Crippen LogP contribution is 2.27. The number of piperidine rings is 1. The third-order valence-electron chi connectivity index (χ3n) is 4.66. The van der Waals surface area contributed by atoms with Crippen molar-refractivity contribution in [3.8, 4) is 11.3 Å². The standard InChI is InChI=1S/C18H21N5/c1-11-8-13(6-7-20-11)18-21-10-17-16(23-18)9-15(22-17)12-2-4-14(19)5-3-12/h2-5,9-11,13,20,22H,6-8,19H2,1H3/p+1. The highest BCUT2D eigenvalue weighted by atomic mass is 15.0. The number of benzene rings is 1. The predicted molar refractivity (Wildman–Crippen MR) is 91.9 cm³/mol. The fourth-order valence-electron chi connectivity index (χ4n) is 3.38. The molecule has 0 bridgehead atoms. The lowest BCUT2D eigenvalue weighted by molar-refractivity contribution is -0.397. The van der Waals surface area contributed by atoms with Crippen LogP contribution in [0.1, 0.15) is 31.5 Å². The number of aromatic nitrogens is 3. The second-order valence-corrected chi connectivity index (χ2v) is 6.47. The number of fused-ring (bicyclic) bond motifs is 1. The first-order valence-corrected chi connectivity index (χ1v) is 8.19. The molecule has 23 heavy (non-hydrogen) atoms. The van der Waals surface area contributed by atoms with Crippen LogP contribution < -0.4 is 16.0 Å². The average molecular weight is 308 g/mol. The molecule has 0 radical (unpaired) electrons. The van der Waals surface area contributed by atoms with Crippen LogP contribution in [0.25, 0.3) is 22.3 Å². The number of nitrogens with two attached hydrogens (primary N) is 1. The summed E-state index contributed by atoms with van der Waals surface area (Å²) < 4.78 is 0. The van der Waals surface area contributed by atoms with Crippen LogP contribution in [0.5, 0.6) is 0 Å². The van der Waals surface area contributed by atoms with Crippen molar-refractivity contribution in [3.05, 3.63) is 42.4 Å². The summed E-state index contributed by atoms with van der Waals surface area (Å²) >= 11 is 0. The lowest BCUT2D eigenvalue weighted by Crippen LogP contribution is -2.36. The van der Waals surface area contributed by atoms with Gasteiger partial charge in [-0.15, -0.1) is 0 Å². The molecule has 1 aliphatic rings. The number of nitrogens with zero attached hydrogens (tertiary/aromatic N) is 1. The van der Waals surface area contributed by atoms with E-state index in [2.05, 4.69) is 28.3 Å². The summed E-state index contributed by atoms with van der Waals surface area (Å²) in [5.41, 5.74) is 10.8. The van der Waals surface area contributed by atoms with Gasteiger partial charge in [0.1, 0.15) is 11.7 Å². The molecule has 5 N–H and O–H groups in total. The third-order valence-corrected chi connectivity index (χ3v) is 4.66. The molecule has 1 saturated heterocycles. The Hall–Kier alpha value is -2.40. The maximum atomic E-state index is 5.76. The maximum absolute atomic E-state index is 5.76. The van der Waals surface area contributed by atoms with Gasteiger partial charge in [0.15, 0.2) is 0 Å². The molecule has 5 nitrogen and oxygen atoms in total. The summed E-state index contributed by atoms with van der Waals surface area (Å²) in [6.07, 6.45) is 4.30. The summed E-state index contributed by atoms with van der Waals surface area (Å²) in [5, 5.41) is 3.49. The zero-order valence-electron chi connectivity index (χ0n) is 13.3. The first-order valence-electron chi connectivity index (χ1n) is 8.19. The topological polar surface area (TPSA) is 80.9 Å². The molecule has 2 atom stereocenters. The quantitative estimate of drug-likeness (QED) is 0.636. The molecule has 0 aliphatic carbocycles. The average Bonchev–Trinajstić information content (AvgIpc) is 2.98. The largest absolute Gasteiger partial charge is 0.399 e. The summed E-state index contributed by atoms with van der Waals surface area (Å²) in [6, 6.07) is 10.6. The Bertz CT molecular complexity index is 821. The Morgan fingerprint density at radius 2 is 2.09 bits per heavy atom. The number of nitrogens with one attached hydrogen (secondary N) is 3. The normalized spacial score (nSPS) is 21.6. The Morgan fingerprint density at radius 1 is 1.26 bits per heavy atom. The highest BCUT2D eigenvalue weighted by Gasteiger charge is 2.27. The van der Waals surface area contributed by atoms with Crippen molar-refractivity contribution in [1.29, 1.82) is 0 Å². The lowest BCUT2D eigenvalue weighted by atomic mass is 9.92. The first kappa shape index (κ1) is 14.2. The van der Waals surface area contributed by atoms with Gasteiger partial charge in [-0.25, -0.2) is 4.98 Å². The molecule has 1 fully saturated rings. The highest BCUT2D eigenvalue weighted by molar-refractivity contribution is 5.81. The summed E-state index contributed by atoms with van der Waals surface area (Å²) in [5.74, 6) is 1.60. The smallest absolute Gasteiger partial charge is 0.300 e. The molecular formula is C18H22N5+. The van der Waals surface area contributed by atoms with Gasteiger partial charge in [-0.1, -0.05) is 12.1 Å². The van der Waals surface area contributed by atoms with Crippen molar-refractivity contribution in [2.75, 3.05) is 12.3 Å². The van der Waals surface area contributed by atoms with E-state index in [4.69, 9.17) is 10.7 Å². The Labute approximate surface area is 135 Å². The zero-order valence-corrected chi connectivity index (χ0v) is 13.3. The predicted octanol–water partition coefficient (Wildman–Crippen LogP) is 2.48. The van der Waals surface area contributed by atoms with Crippen LogP contribution in [-0.4, -0.2) is 22.6 Å². The van der Waals surface area contributed by atoms with Crippen molar-refractivity contribution in [2.24, 2.45) is 0 Å². The molecule has 5 heteroatoms. The number of nitrogen functional groups attached to an aromatic ring is 1. The maximum Gasteiger partial charge on any atom is 0.300 e. The van der Waals surface area contributed by atoms with Crippen molar-refractivity contribution < 1.29 is 4.98 Å². The van der Waals surface area contributed by atoms with Crippen LogP contribution >= 0.6 is 0 Å². The Kier molecular flexibility index (Phi) is 3.50. The van der Waals surface area contributed by atoms with Gasteiger partial charge in [-0.2, -0.15) is 0 Å². The second kappa shape index (κ2) is 5.66. The Morgan fingerprint density at radius 3 is 2.87 bits per heavy atom. The number of aromatic amines is 2. The molecule has 0 amide bonds. The minimum atomic E-state index is 0.505. The van der Waals surface area contributed by atoms with Gasteiger partial charge in [0.05, 0.1) is 11.6 Å².